The number of fused-ring (bicyclic) bond motifs is 1. The van der Waals surface area contributed by atoms with Crippen molar-refractivity contribution in [3.63, 3.8) is 0 Å². The molecule has 3 atom stereocenters. The fourth-order valence-corrected chi connectivity index (χ4v) is 3.49. The van der Waals surface area contributed by atoms with Gasteiger partial charge in [0.2, 0.25) is 0 Å². The summed E-state index contributed by atoms with van der Waals surface area (Å²) in [6.45, 7) is 8.46. The predicted octanol–water partition coefficient (Wildman–Crippen LogP) is 3.53. The number of hydrogen-bond donors (Lipinski definition) is 0. The summed E-state index contributed by atoms with van der Waals surface area (Å²) in [4.78, 5) is 14.0. The zero-order valence-electron chi connectivity index (χ0n) is 12.7. The molecule has 106 valence electrons. The van der Waals surface area contributed by atoms with Crippen molar-refractivity contribution in [3.8, 4) is 0 Å². The van der Waals surface area contributed by atoms with Crippen molar-refractivity contribution in [1.82, 2.24) is 4.90 Å². The van der Waals surface area contributed by atoms with Crippen LogP contribution in [0.2, 0.25) is 5.31 Å². The Bertz CT molecular complexity index is 345. The molecule has 2 radical (unpaired) electrons. The van der Waals surface area contributed by atoms with Crippen molar-refractivity contribution in [3.05, 3.63) is 0 Å². The van der Waals surface area contributed by atoms with Crippen LogP contribution in [-0.2, 0) is 4.74 Å². The second-order valence-electron chi connectivity index (χ2n) is 6.83. The van der Waals surface area contributed by atoms with Crippen LogP contribution in [0.4, 0.5) is 4.79 Å². The molecule has 0 aromatic rings. The SMILES string of the molecule is [B]C1(C(C)C)CCCCC2C(C1)OC(=O)N2C(C)C. The van der Waals surface area contributed by atoms with Gasteiger partial charge >= 0.3 is 6.09 Å². The van der Waals surface area contributed by atoms with E-state index in [1.807, 2.05) is 4.90 Å². The molecule has 2 rings (SSSR count). The van der Waals surface area contributed by atoms with Gasteiger partial charge in [0.15, 0.2) is 0 Å². The smallest absolute Gasteiger partial charge is 0.410 e. The third-order valence-corrected chi connectivity index (χ3v) is 4.93. The van der Waals surface area contributed by atoms with Crippen molar-refractivity contribution in [2.75, 3.05) is 0 Å². The number of amides is 1. The second kappa shape index (κ2) is 5.38. The Kier molecular flexibility index (Phi) is 4.17. The maximum atomic E-state index is 12.1. The molecular weight excluding hydrogens is 237 g/mol. The third-order valence-electron chi connectivity index (χ3n) is 4.93. The summed E-state index contributed by atoms with van der Waals surface area (Å²) < 4.78 is 5.63. The van der Waals surface area contributed by atoms with E-state index < -0.39 is 0 Å². The molecule has 19 heavy (non-hydrogen) atoms. The normalized spacial score (nSPS) is 36.1. The summed E-state index contributed by atoms with van der Waals surface area (Å²) in [5.41, 5.74) is 0. The van der Waals surface area contributed by atoms with Gasteiger partial charge in [0, 0.05) is 6.04 Å². The lowest BCUT2D eigenvalue weighted by molar-refractivity contribution is 0.101. The van der Waals surface area contributed by atoms with E-state index in [1.54, 1.807) is 0 Å². The van der Waals surface area contributed by atoms with Gasteiger partial charge in [-0.05, 0) is 32.6 Å². The average Bonchev–Trinajstić information content (AvgIpc) is 2.57. The van der Waals surface area contributed by atoms with Gasteiger partial charge in [-0.1, -0.05) is 38.4 Å². The van der Waals surface area contributed by atoms with Gasteiger partial charge in [-0.15, -0.1) is 0 Å². The molecular formula is C15H26BNO2. The van der Waals surface area contributed by atoms with Crippen molar-refractivity contribution in [2.45, 2.75) is 83.3 Å². The minimum atomic E-state index is -0.198. The lowest BCUT2D eigenvalue weighted by Gasteiger charge is -2.40. The maximum absolute atomic E-state index is 12.1. The van der Waals surface area contributed by atoms with Crippen LogP contribution in [0.1, 0.15) is 59.8 Å². The third kappa shape index (κ3) is 2.77. The number of hydrogen-bond acceptors (Lipinski definition) is 2. The first-order chi connectivity index (χ1) is 8.85. The van der Waals surface area contributed by atoms with E-state index in [2.05, 4.69) is 27.7 Å². The van der Waals surface area contributed by atoms with E-state index in [9.17, 15) is 4.79 Å². The van der Waals surface area contributed by atoms with Crippen molar-refractivity contribution >= 4 is 13.9 Å². The molecule has 0 spiro atoms. The first kappa shape index (κ1) is 14.7. The van der Waals surface area contributed by atoms with Crippen LogP contribution < -0.4 is 0 Å². The Balaban J connectivity index is 2.20. The number of nitrogens with zero attached hydrogens (tertiary/aromatic N) is 1. The number of ether oxygens (including phenoxy) is 1. The Hall–Kier alpha value is -0.665. The predicted molar refractivity (Wildman–Crippen MR) is 77.4 cm³/mol. The van der Waals surface area contributed by atoms with Gasteiger partial charge in [0.05, 0.1) is 13.9 Å². The van der Waals surface area contributed by atoms with Crippen LogP contribution in [0, 0.1) is 5.92 Å². The minimum Gasteiger partial charge on any atom is -0.444 e. The first-order valence-corrected chi connectivity index (χ1v) is 7.63. The van der Waals surface area contributed by atoms with Gasteiger partial charge in [-0.3, -0.25) is 4.90 Å². The minimum absolute atomic E-state index is 0.0254. The summed E-state index contributed by atoms with van der Waals surface area (Å²) in [5.74, 6) is 0.415. The van der Waals surface area contributed by atoms with Crippen molar-refractivity contribution < 1.29 is 9.53 Å². The highest BCUT2D eigenvalue weighted by molar-refractivity contribution is 6.15. The van der Waals surface area contributed by atoms with Crippen LogP contribution >= 0.6 is 0 Å². The van der Waals surface area contributed by atoms with Gasteiger partial charge in [0.25, 0.3) is 0 Å². The molecule has 0 bridgehead atoms. The topological polar surface area (TPSA) is 29.5 Å². The standard InChI is InChI=1S/C15H26BNO2/c1-10(2)15(16)8-6-5-7-12-13(9-15)19-14(18)17(12)11(3)4/h10-13H,5-9H2,1-4H3. The fourth-order valence-electron chi connectivity index (χ4n) is 3.49. The van der Waals surface area contributed by atoms with E-state index >= 15 is 0 Å². The summed E-state index contributed by atoms with van der Waals surface area (Å²) in [6, 6.07) is 0.419. The van der Waals surface area contributed by atoms with Crippen LogP contribution in [-0.4, -0.2) is 37.0 Å². The van der Waals surface area contributed by atoms with Crippen LogP contribution in [0.3, 0.4) is 0 Å². The van der Waals surface area contributed by atoms with E-state index in [1.165, 1.54) is 0 Å². The highest BCUT2D eigenvalue weighted by atomic mass is 16.6. The van der Waals surface area contributed by atoms with E-state index in [0.717, 1.165) is 32.1 Å². The maximum Gasteiger partial charge on any atom is 0.410 e. The molecule has 2 fully saturated rings. The Morgan fingerprint density at radius 2 is 2.00 bits per heavy atom. The molecule has 0 aromatic heterocycles. The van der Waals surface area contributed by atoms with Crippen LogP contribution in [0.5, 0.6) is 0 Å². The van der Waals surface area contributed by atoms with Crippen molar-refractivity contribution in [1.29, 1.82) is 0 Å². The molecule has 1 aliphatic carbocycles. The Labute approximate surface area is 118 Å². The Morgan fingerprint density at radius 3 is 2.58 bits per heavy atom. The van der Waals surface area contributed by atoms with E-state index in [4.69, 9.17) is 12.6 Å². The average molecular weight is 263 g/mol. The van der Waals surface area contributed by atoms with E-state index in [0.29, 0.717) is 5.92 Å². The fraction of sp³-hybridized carbons (Fsp3) is 0.933. The summed E-state index contributed by atoms with van der Waals surface area (Å²) in [5, 5.41) is -0.198. The molecule has 1 heterocycles. The Morgan fingerprint density at radius 1 is 1.32 bits per heavy atom. The number of carbonyl (C=O) groups excluding carboxylic acids is 1. The van der Waals surface area contributed by atoms with Crippen molar-refractivity contribution in [2.24, 2.45) is 5.92 Å². The van der Waals surface area contributed by atoms with Crippen LogP contribution in [0.15, 0.2) is 0 Å². The summed E-state index contributed by atoms with van der Waals surface area (Å²) >= 11 is 0. The lowest BCUT2D eigenvalue weighted by Crippen LogP contribution is -2.43. The largest absolute Gasteiger partial charge is 0.444 e. The molecule has 1 aliphatic heterocycles. The first-order valence-electron chi connectivity index (χ1n) is 7.63. The van der Waals surface area contributed by atoms with Gasteiger partial charge < -0.3 is 4.74 Å². The van der Waals surface area contributed by atoms with Gasteiger partial charge in [-0.25, -0.2) is 4.79 Å². The summed E-state index contributed by atoms with van der Waals surface area (Å²) in [6.07, 6.45) is 4.98. The van der Waals surface area contributed by atoms with Crippen LogP contribution in [0.25, 0.3) is 0 Å². The monoisotopic (exact) mass is 263 g/mol. The highest BCUT2D eigenvalue weighted by Crippen LogP contribution is 2.47. The quantitative estimate of drug-likeness (QED) is 0.713. The molecule has 3 unspecified atom stereocenters. The molecule has 0 N–H and O–H groups in total. The highest BCUT2D eigenvalue weighted by Gasteiger charge is 2.46. The molecule has 1 saturated heterocycles. The summed E-state index contributed by atoms with van der Waals surface area (Å²) in [7, 11) is 6.58. The zero-order chi connectivity index (χ0) is 14.2. The molecule has 1 amide bonds. The van der Waals surface area contributed by atoms with Gasteiger partial charge in [0.1, 0.15) is 6.10 Å². The van der Waals surface area contributed by atoms with E-state index in [-0.39, 0.29) is 29.6 Å². The molecule has 4 heteroatoms. The molecule has 3 nitrogen and oxygen atoms in total. The number of rotatable bonds is 2. The zero-order valence-corrected chi connectivity index (χ0v) is 12.7. The molecule has 1 saturated carbocycles. The number of carbonyl (C=O) groups is 1. The van der Waals surface area contributed by atoms with Gasteiger partial charge in [-0.2, -0.15) is 0 Å². The molecule has 2 aliphatic rings. The lowest BCUT2D eigenvalue weighted by atomic mass is 9.55. The second-order valence-corrected chi connectivity index (χ2v) is 6.83. The molecule has 0 aromatic carbocycles.